The van der Waals surface area contributed by atoms with Gasteiger partial charge in [-0.15, -0.1) is 0 Å². The Kier molecular flexibility index (Phi) is 4.72. The molecule has 1 N–H and O–H groups in total. The Hall–Kier alpha value is -1.75. The van der Waals surface area contributed by atoms with Crippen molar-refractivity contribution in [3.63, 3.8) is 0 Å². The molecule has 2 aromatic rings. The molecule has 3 rings (SSSR count). The molecule has 130 valence electrons. The van der Waals surface area contributed by atoms with Gasteiger partial charge >= 0.3 is 6.18 Å². The Morgan fingerprint density at radius 1 is 1.04 bits per heavy atom. The number of rotatable bonds is 3. The van der Waals surface area contributed by atoms with Crippen LogP contribution in [0.15, 0.2) is 30.3 Å². The van der Waals surface area contributed by atoms with Gasteiger partial charge in [0.25, 0.3) is 0 Å². The lowest BCUT2D eigenvalue weighted by Gasteiger charge is -2.28. The van der Waals surface area contributed by atoms with Crippen LogP contribution in [0, 0.1) is 5.92 Å². The molecule has 2 aromatic carbocycles. The second-order valence-corrected chi connectivity index (χ2v) is 6.61. The molecule has 0 radical (unpaired) electrons. The topological polar surface area (TPSA) is 29.5 Å². The van der Waals surface area contributed by atoms with Crippen molar-refractivity contribution in [1.29, 1.82) is 0 Å². The SMILES string of the molecule is CC1CCC(Oc2ccc3c(CO)cccc3c2C(F)(F)F)CC1. The molecule has 24 heavy (non-hydrogen) atoms. The molecule has 1 fully saturated rings. The zero-order valence-electron chi connectivity index (χ0n) is 13.6. The van der Waals surface area contributed by atoms with Crippen molar-refractivity contribution in [3.8, 4) is 5.75 Å². The molecule has 0 heterocycles. The Bertz CT molecular complexity index is 716. The van der Waals surface area contributed by atoms with Crippen LogP contribution in [0.5, 0.6) is 5.75 Å². The number of fused-ring (bicyclic) bond motifs is 1. The van der Waals surface area contributed by atoms with Gasteiger partial charge in [-0.2, -0.15) is 13.2 Å². The number of hydrogen-bond acceptors (Lipinski definition) is 2. The minimum atomic E-state index is -4.51. The van der Waals surface area contributed by atoms with E-state index in [0.29, 0.717) is 16.9 Å². The molecule has 1 aliphatic rings. The first kappa shape index (κ1) is 17.1. The summed E-state index contributed by atoms with van der Waals surface area (Å²) < 4.78 is 46.8. The molecule has 0 saturated heterocycles. The van der Waals surface area contributed by atoms with Gasteiger partial charge in [-0.05, 0) is 54.0 Å². The molecule has 0 spiro atoms. The van der Waals surface area contributed by atoms with Crippen molar-refractivity contribution in [1.82, 2.24) is 0 Å². The van der Waals surface area contributed by atoms with Crippen molar-refractivity contribution >= 4 is 10.8 Å². The van der Waals surface area contributed by atoms with Gasteiger partial charge in [0, 0.05) is 0 Å². The second kappa shape index (κ2) is 6.63. The van der Waals surface area contributed by atoms with E-state index in [-0.39, 0.29) is 23.8 Å². The summed E-state index contributed by atoms with van der Waals surface area (Å²) in [5, 5.41) is 9.87. The third-order valence-electron chi connectivity index (χ3n) is 4.82. The van der Waals surface area contributed by atoms with Gasteiger partial charge < -0.3 is 9.84 Å². The van der Waals surface area contributed by atoms with E-state index in [1.165, 1.54) is 18.2 Å². The van der Waals surface area contributed by atoms with Gasteiger partial charge in [0.2, 0.25) is 0 Å². The van der Waals surface area contributed by atoms with Crippen molar-refractivity contribution in [2.45, 2.75) is 51.5 Å². The molecule has 0 aliphatic heterocycles. The van der Waals surface area contributed by atoms with Crippen LogP contribution in [-0.4, -0.2) is 11.2 Å². The van der Waals surface area contributed by atoms with E-state index in [2.05, 4.69) is 6.92 Å². The molecule has 0 aromatic heterocycles. The van der Waals surface area contributed by atoms with Crippen LogP contribution in [0.4, 0.5) is 13.2 Å². The van der Waals surface area contributed by atoms with E-state index < -0.39 is 11.7 Å². The highest BCUT2D eigenvalue weighted by Gasteiger charge is 2.37. The fraction of sp³-hybridized carbons (Fsp3) is 0.474. The van der Waals surface area contributed by atoms with Gasteiger partial charge in [0.1, 0.15) is 11.3 Å². The Morgan fingerprint density at radius 3 is 2.38 bits per heavy atom. The molecular weight excluding hydrogens is 317 g/mol. The summed E-state index contributed by atoms with van der Waals surface area (Å²) in [5.41, 5.74) is -0.259. The van der Waals surface area contributed by atoms with Crippen molar-refractivity contribution in [3.05, 3.63) is 41.5 Å². The average Bonchev–Trinajstić information content (AvgIpc) is 2.54. The number of hydrogen-bond donors (Lipinski definition) is 1. The van der Waals surface area contributed by atoms with Crippen LogP contribution >= 0.6 is 0 Å². The summed E-state index contributed by atoms with van der Waals surface area (Å²) in [7, 11) is 0. The van der Waals surface area contributed by atoms with E-state index in [1.807, 2.05) is 0 Å². The van der Waals surface area contributed by atoms with Crippen LogP contribution in [-0.2, 0) is 12.8 Å². The van der Waals surface area contributed by atoms with Crippen molar-refractivity contribution < 1.29 is 23.0 Å². The lowest BCUT2D eigenvalue weighted by atomic mass is 9.89. The third-order valence-corrected chi connectivity index (χ3v) is 4.82. The number of aliphatic hydroxyl groups is 1. The number of ether oxygens (including phenoxy) is 1. The zero-order valence-corrected chi connectivity index (χ0v) is 13.6. The van der Waals surface area contributed by atoms with Gasteiger partial charge in [-0.3, -0.25) is 0 Å². The molecule has 0 amide bonds. The predicted octanol–water partition coefficient (Wildman–Crippen LogP) is 5.31. The summed E-state index contributed by atoms with van der Waals surface area (Å²) in [5.74, 6) is 0.500. The number of halogens is 3. The highest BCUT2D eigenvalue weighted by Crippen LogP contribution is 2.43. The maximum atomic E-state index is 13.7. The first-order valence-corrected chi connectivity index (χ1v) is 8.29. The van der Waals surface area contributed by atoms with Gasteiger partial charge in [-0.1, -0.05) is 31.2 Å². The van der Waals surface area contributed by atoms with E-state index in [0.717, 1.165) is 25.7 Å². The molecule has 2 nitrogen and oxygen atoms in total. The molecule has 5 heteroatoms. The van der Waals surface area contributed by atoms with E-state index in [4.69, 9.17) is 4.74 Å². The first-order valence-electron chi connectivity index (χ1n) is 8.29. The molecule has 1 saturated carbocycles. The molecule has 1 aliphatic carbocycles. The minimum absolute atomic E-state index is 0.0794. The average molecular weight is 338 g/mol. The van der Waals surface area contributed by atoms with Crippen LogP contribution in [0.3, 0.4) is 0 Å². The maximum absolute atomic E-state index is 13.7. The van der Waals surface area contributed by atoms with Gasteiger partial charge in [0.15, 0.2) is 0 Å². The minimum Gasteiger partial charge on any atom is -0.490 e. The predicted molar refractivity (Wildman–Crippen MR) is 86.9 cm³/mol. The number of aliphatic hydroxyl groups excluding tert-OH is 1. The maximum Gasteiger partial charge on any atom is 0.420 e. The Morgan fingerprint density at radius 2 is 1.75 bits per heavy atom. The monoisotopic (exact) mass is 338 g/mol. The van der Waals surface area contributed by atoms with Gasteiger partial charge in [0.05, 0.1) is 12.7 Å². The van der Waals surface area contributed by atoms with E-state index in [9.17, 15) is 18.3 Å². The van der Waals surface area contributed by atoms with E-state index >= 15 is 0 Å². The molecular formula is C19H21F3O2. The first-order chi connectivity index (χ1) is 11.4. The third kappa shape index (κ3) is 3.36. The molecule has 0 bridgehead atoms. The summed E-state index contributed by atoms with van der Waals surface area (Å²) >= 11 is 0. The largest absolute Gasteiger partial charge is 0.490 e. The quantitative estimate of drug-likeness (QED) is 0.822. The van der Waals surface area contributed by atoms with Crippen LogP contribution in [0.2, 0.25) is 0 Å². The van der Waals surface area contributed by atoms with Crippen LogP contribution in [0.25, 0.3) is 10.8 Å². The molecule has 0 atom stereocenters. The van der Waals surface area contributed by atoms with E-state index in [1.54, 1.807) is 12.1 Å². The normalized spacial score (nSPS) is 21.9. The summed E-state index contributed by atoms with van der Waals surface area (Å²) in [6, 6.07) is 7.60. The Labute approximate surface area is 139 Å². The fourth-order valence-corrected chi connectivity index (χ4v) is 3.46. The number of alkyl halides is 3. The van der Waals surface area contributed by atoms with Crippen LogP contribution < -0.4 is 4.74 Å². The van der Waals surface area contributed by atoms with Crippen molar-refractivity contribution in [2.75, 3.05) is 0 Å². The fourth-order valence-electron chi connectivity index (χ4n) is 3.46. The highest BCUT2D eigenvalue weighted by molar-refractivity contribution is 5.91. The standard InChI is InChI=1S/C19H21F3O2/c1-12-5-7-14(8-6-12)24-17-10-9-15-13(11-23)3-2-4-16(15)18(17)19(20,21)22/h2-4,9-10,12,14,23H,5-8,11H2,1H3. The van der Waals surface area contributed by atoms with Gasteiger partial charge in [-0.25, -0.2) is 0 Å². The highest BCUT2D eigenvalue weighted by atomic mass is 19.4. The molecule has 0 unspecified atom stereocenters. The lowest BCUT2D eigenvalue weighted by molar-refractivity contribution is -0.138. The Balaban J connectivity index is 2.04. The summed E-state index contributed by atoms with van der Waals surface area (Å²) in [6.07, 6.45) is -1.14. The van der Waals surface area contributed by atoms with Crippen LogP contribution in [0.1, 0.15) is 43.7 Å². The van der Waals surface area contributed by atoms with Crippen molar-refractivity contribution in [2.24, 2.45) is 5.92 Å². The second-order valence-electron chi connectivity index (χ2n) is 6.61. The zero-order chi connectivity index (χ0) is 17.3. The lowest BCUT2D eigenvalue weighted by Crippen LogP contribution is -2.24. The summed E-state index contributed by atoms with van der Waals surface area (Å²) in [4.78, 5) is 0. The smallest absolute Gasteiger partial charge is 0.420 e. The summed E-state index contributed by atoms with van der Waals surface area (Å²) in [6.45, 7) is 1.86. The number of benzene rings is 2.